The summed E-state index contributed by atoms with van der Waals surface area (Å²) in [7, 11) is 0. The van der Waals surface area contributed by atoms with Crippen LogP contribution in [0.15, 0.2) is 6.07 Å². The van der Waals surface area contributed by atoms with E-state index in [1.807, 2.05) is 13.8 Å². The number of hydrogen-bond donors (Lipinski definition) is 3. The normalized spacial score (nSPS) is 15.2. The lowest BCUT2D eigenvalue weighted by atomic mass is 9.94. The Labute approximate surface area is 115 Å². The molecular formula is C12H19F3N4O. The van der Waals surface area contributed by atoms with Crippen LogP contribution in [0.2, 0.25) is 0 Å². The van der Waals surface area contributed by atoms with Crippen molar-refractivity contribution in [3.63, 3.8) is 0 Å². The first-order chi connectivity index (χ1) is 8.99. The molecule has 1 unspecified atom stereocenters. The van der Waals surface area contributed by atoms with Gasteiger partial charge in [0.25, 0.3) is 0 Å². The molecular weight excluding hydrogens is 273 g/mol. The Morgan fingerprint density at radius 3 is 2.45 bits per heavy atom. The summed E-state index contributed by atoms with van der Waals surface area (Å²) >= 11 is 0. The first kappa shape index (κ1) is 16.5. The summed E-state index contributed by atoms with van der Waals surface area (Å²) in [5.74, 6) is -1.39. The average molecular weight is 292 g/mol. The van der Waals surface area contributed by atoms with E-state index >= 15 is 0 Å². The third-order valence-electron chi connectivity index (χ3n) is 2.50. The topological polar surface area (TPSA) is 84.1 Å². The fraction of sp³-hybridized carbons (Fsp3) is 0.667. The summed E-state index contributed by atoms with van der Waals surface area (Å²) in [4.78, 5) is 6.49. The smallest absolute Gasteiger partial charge is 0.388 e. The fourth-order valence-corrected chi connectivity index (χ4v) is 1.92. The number of aromatic nitrogens is 2. The summed E-state index contributed by atoms with van der Waals surface area (Å²) in [6.07, 6.45) is -4.15. The molecule has 20 heavy (non-hydrogen) atoms. The van der Waals surface area contributed by atoms with E-state index in [-0.39, 0.29) is 24.1 Å². The maximum Gasteiger partial charge on any atom is 0.451 e. The number of hydrogen-bond acceptors (Lipinski definition) is 5. The first-order valence-corrected chi connectivity index (χ1v) is 6.17. The highest BCUT2D eigenvalue weighted by molar-refractivity contribution is 5.45. The van der Waals surface area contributed by atoms with Crippen LogP contribution in [0.5, 0.6) is 0 Å². The quantitative estimate of drug-likeness (QED) is 0.775. The van der Waals surface area contributed by atoms with Gasteiger partial charge in [0.1, 0.15) is 11.6 Å². The molecule has 0 fully saturated rings. The monoisotopic (exact) mass is 292 g/mol. The van der Waals surface area contributed by atoms with Crippen molar-refractivity contribution in [2.75, 3.05) is 17.6 Å². The third kappa shape index (κ3) is 5.20. The third-order valence-corrected chi connectivity index (χ3v) is 2.50. The van der Waals surface area contributed by atoms with Crippen LogP contribution < -0.4 is 11.1 Å². The maximum absolute atomic E-state index is 12.5. The summed E-state index contributed by atoms with van der Waals surface area (Å²) < 4.78 is 37.6. The van der Waals surface area contributed by atoms with Crippen molar-refractivity contribution in [1.82, 2.24) is 9.97 Å². The zero-order chi connectivity index (χ0) is 15.6. The second-order valence-corrected chi connectivity index (χ2v) is 5.45. The summed E-state index contributed by atoms with van der Waals surface area (Å²) in [6.45, 7) is 5.56. The van der Waals surface area contributed by atoms with E-state index in [0.717, 1.165) is 0 Å². The molecule has 8 heteroatoms. The van der Waals surface area contributed by atoms with Gasteiger partial charge in [-0.25, -0.2) is 9.97 Å². The molecule has 0 aromatic carbocycles. The number of halogens is 3. The lowest BCUT2D eigenvalue weighted by Crippen LogP contribution is -2.35. The summed E-state index contributed by atoms with van der Waals surface area (Å²) in [6, 6.07) is 1.20. The van der Waals surface area contributed by atoms with Crippen LogP contribution in [0, 0.1) is 5.92 Å². The van der Waals surface area contributed by atoms with Crippen LogP contribution in [0.3, 0.4) is 0 Å². The van der Waals surface area contributed by atoms with Crippen molar-refractivity contribution in [3.05, 3.63) is 11.9 Å². The Morgan fingerprint density at radius 2 is 1.95 bits per heavy atom. The van der Waals surface area contributed by atoms with Gasteiger partial charge in [-0.3, -0.25) is 0 Å². The van der Waals surface area contributed by atoms with Gasteiger partial charge >= 0.3 is 6.18 Å². The van der Waals surface area contributed by atoms with E-state index in [4.69, 9.17) is 5.73 Å². The van der Waals surface area contributed by atoms with Crippen LogP contribution in [0.1, 0.15) is 33.0 Å². The highest BCUT2D eigenvalue weighted by Gasteiger charge is 2.35. The molecule has 0 bridgehead atoms. The Kier molecular flexibility index (Phi) is 4.80. The second-order valence-electron chi connectivity index (χ2n) is 5.45. The largest absolute Gasteiger partial charge is 0.451 e. The van der Waals surface area contributed by atoms with Crippen LogP contribution in [-0.4, -0.2) is 27.2 Å². The van der Waals surface area contributed by atoms with Crippen molar-refractivity contribution in [2.45, 2.75) is 39.0 Å². The SMILES string of the molecule is CC(C)CC(C)(O)CNc1cc(N)nc(C(F)(F)F)n1. The number of alkyl halides is 3. The number of anilines is 2. The molecule has 0 saturated heterocycles. The van der Waals surface area contributed by atoms with Gasteiger partial charge in [0.2, 0.25) is 5.82 Å². The van der Waals surface area contributed by atoms with E-state index in [2.05, 4.69) is 15.3 Å². The Hall–Kier alpha value is -1.57. The Balaban J connectivity index is 2.81. The molecule has 0 aliphatic carbocycles. The predicted octanol–water partition coefficient (Wildman–Crippen LogP) is 2.29. The highest BCUT2D eigenvalue weighted by Crippen LogP contribution is 2.28. The Morgan fingerprint density at radius 1 is 1.35 bits per heavy atom. The minimum absolute atomic E-state index is 0.0612. The molecule has 114 valence electrons. The van der Waals surface area contributed by atoms with E-state index < -0.39 is 17.6 Å². The molecule has 4 N–H and O–H groups in total. The molecule has 0 aliphatic heterocycles. The van der Waals surface area contributed by atoms with Crippen LogP contribution >= 0.6 is 0 Å². The van der Waals surface area contributed by atoms with Gasteiger partial charge in [0.05, 0.1) is 5.60 Å². The van der Waals surface area contributed by atoms with Crippen molar-refractivity contribution in [2.24, 2.45) is 5.92 Å². The van der Waals surface area contributed by atoms with Crippen molar-refractivity contribution in [3.8, 4) is 0 Å². The zero-order valence-electron chi connectivity index (χ0n) is 11.6. The van der Waals surface area contributed by atoms with Gasteiger partial charge in [0, 0.05) is 12.6 Å². The number of nitrogens with zero attached hydrogens (tertiary/aromatic N) is 2. The number of rotatable bonds is 5. The van der Waals surface area contributed by atoms with E-state index in [1.54, 1.807) is 6.92 Å². The van der Waals surface area contributed by atoms with Crippen LogP contribution in [-0.2, 0) is 6.18 Å². The van der Waals surface area contributed by atoms with Crippen LogP contribution in [0.4, 0.5) is 24.8 Å². The lowest BCUT2D eigenvalue weighted by Gasteiger charge is -2.26. The molecule has 0 radical (unpaired) electrons. The average Bonchev–Trinajstić information content (AvgIpc) is 2.23. The standard InChI is InChI=1S/C12H19F3N4O/c1-7(2)5-11(3,20)6-17-9-4-8(16)18-10(19-9)12(13,14)15/h4,7,20H,5-6H2,1-3H3,(H3,16,17,18,19). The minimum Gasteiger partial charge on any atom is -0.388 e. The maximum atomic E-state index is 12.5. The van der Waals surface area contributed by atoms with Crippen molar-refractivity contribution >= 4 is 11.6 Å². The molecule has 1 aromatic rings. The number of nitrogens with one attached hydrogen (secondary N) is 1. The Bertz CT molecular complexity index is 461. The van der Waals surface area contributed by atoms with Crippen LogP contribution in [0.25, 0.3) is 0 Å². The minimum atomic E-state index is -4.66. The molecule has 5 nitrogen and oxygen atoms in total. The second kappa shape index (κ2) is 5.82. The van der Waals surface area contributed by atoms with E-state index in [0.29, 0.717) is 6.42 Å². The van der Waals surface area contributed by atoms with Gasteiger partial charge in [-0.2, -0.15) is 13.2 Å². The predicted molar refractivity (Wildman–Crippen MR) is 70.0 cm³/mol. The summed E-state index contributed by atoms with van der Waals surface area (Å²) in [5, 5.41) is 12.7. The lowest BCUT2D eigenvalue weighted by molar-refractivity contribution is -0.144. The molecule has 0 spiro atoms. The molecule has 0 aliphatic rings. The molecule has 0 amide bonds. The molecule has 0 saturated carbocycles. The number of nitrogens with two attached hydrogens (primary N) is 1. The first-order valence-electron chi connectivity index (χ1n) is 6.17. The van der Waals surface area contributed by atoms with Gasteiger partial charge in [-0.15, -0.1) is 0 Å². The fourth-order valence-electron chi connectivity index (χ4n) is 1.92. The molecule has 1 atom stereocenters. The van der Waals surface area contributed by atoms with Gasteiger partial charge in [-0.05, 0) is 19.3 Å². The molecule has 1 heterocycles. The number of nitrogen functional groups attached to an aromatic ring is 1. The van der Waals surface area contributed by atoms with Crippen molar-refractivity contribution in [1.29, 1.82) is 0 Å². The molecule has 1 aromatic heterocycles. The van der Waals surface area contributed by atoms with Gasteiger partial charge in [-0.1, -0.05) is 13.8 Å². The van der Waals surface area contributed by atoms with E-state index in [1.165, 1.54) is 6.07 Å². The number of aliphatic hydroxyl groups is 1. The zero-order valence-corrected chi connectivity index (χ0v) is 11.6. The highest BCUT2D eigenvalue weighted by atomic mass is 19.4. The summed E-state index contributed by atoms with van der Waals surface area (Å²) in [5.41, 5.74) is 4.27. The van der Waals surface area contributed by atoms with Crippen molar-refractivity contribution < 1.29 is 18.3 Å². The van der Waals surface area contributed by atoms with E-state index in [9.17, 15) is 18.3 Å². The molecule has 1 rings (SSSR count). The van der Waals surface area contributed by atoms with Gasteiger partial charge in [0.15, 0.2) is 0 Å². The van der Waals surface area contributed by atoms with Gasteiger partial charge < -0.3 is 16.2 Å².